The quantitative estimate of drug-likeness (QED) is 0.755. The van der Waals surface area contributed by atoms with E-state index in [0.717, 1.165) is 19.5 Å². The number of hydrogen-bond donors (Lipinski definition) is 1. The van der Waals surface area contributed by atoms with Crippen molar-refractivity contribution in [1.29, 1.82) is 0 Å². The van der Waals surface area contributed by atoms with Gasteiger partial charge in [-0.15, -0.1) is 12.4 Å². The topological polar surface area (TPSA) is 49.4 Å². The Hall–Kier alpha value is 0.160. The molecule has 1 unspecified atom stereocenters. The average molecular weight is 285 g/mol. The van der Waals surface area contributed by atoms with Gasteiger partial charge in [-0.2, -0.15) is 0 Å². The van der Waals surface area contributed by atoms with Crippen LogP contribution in [0.2, 0.25) is 0 Å². The molecule has 0 aromatic carbocycles. The molecule has 0 spiro atoms. The third-order valence-corrected chi connectivity index (χ3v) is 4.98. The van der Waals surface area contributed by atoms with Crippen LogP contribution in [0.1, 0.15) is 26.2 Å². The molecule has 6 heteroatoms. The first-order valence-corrected chi connectivity index (χ1v) is 8.00. The number of sulfone groups is 1. The molecular weight excluding hydrogens is 260 g/mol. The maximum Gasteiger partial charge on any atom is 0.151 e. The fourth-order valence-corrected chi connectivity index (χ4v) is 3.66. The highest BCUT2D eigenvalue weighted by atomic mass is 35.5. The van der Waals surface area contributed by atoms with E-state index < -0.39 is 9.84 Å². The Balaban J connectivity index is 0.00000256. The van der Waals surface area contributed by atoms with Crippen LogP contribution in [-0.2, 0) is 9.84 Å². The van der Waals surface area contributed by atoms with Crippen LogP contribution < -0.4 is 5.32 Å². The largest absolute Gasteiger partial charge is 0.318 e. The molecule has 1 N–H and O–H groups in total. The number of hydrogen-bond acceptors (Lipinski definition) is 4. The van der Waals surface area contributed by atoms with Crippen LogP contribution in [0, 0.1) is 0 Å². The molecule has 1 aliphatic rings. The van der Waals surface area contributed by atoms with Gasteiger partial charge in [0.1, 0.15) is 0 Å². The minimum absolute atomic E-state index is 0. The van der Waals surface area contributed by atoms with Crippen LogP contribution in [0.4, 0.5) is 0 Å². The van der Waals surface area contributed by atoms with Crippen molar-refractivity contribution in [3.05, 3.63) is 0 Å². The summed E-state index contributed by atoms with van der Waals surface area (Å²) in [5, 5.41) is 3.17. The van der Waals surface area contributed by atoms with E-state index in [2.05, 4.69) is 10.2 Å². The summed E-state index contributed by atoms with van der Waals surface area (Å²) in [5.74, 6) is 0.651. The highest BCUT2D eigenvalue weighted by Gasteiger charge is 2.24. The van der Waals surface area contributed by atoms with Gasteiger partial charge in [-0.05, 0) is 32.9 Å². The summed E-state index contributed by atoms with van der Waals surface area (Å²) < 4.78 is 23.2. The number of likely N-dealkylation sites (tertiary alicyclic amines) is 1. The number of rotatable bonds is 7. The van der Waals surface area contributed by atoms with Gasteiger partial charge >= 0.3 is 0 Å². The molecule has 104 valence electrons. The summed E-state index contributed by atoms with van der Waals surface area (Å²) in [7, 11) is -0.871. The molecule has 1 saturated heterocycles. The zero-order valence-electron chi connectivity index (χ0n) is 10.8. The first-order chi connectivity index (χ1) is 7.59. The summed E-state index contributed by atoms with van der Waals surface area (Å²) in [5.41, 5.74) is 0. The molecule has 0 bridgehead atoms. The Morgan fingerprint density at radius 2 is 2.06 bits per heavy atom. The molecule has 4 nitrogen and oxygen atoms in total. The second-order valence-corrected chi connectivity index (χ2v) is 6.85. The number of nitrogens with zero attached hydrogens (tertiary/aromatic N) is 1. The van der Waals surface area contributed by atoms with Gasteiger partial charge in [-0.25, -0.2) is 8.42 Å². The normalized spacial score (nSPS) is 21.4. The van der Waals surface area contributed by atoms with E-state index in [-0.39, 0.29) is 12.4 Å². The molecule has 17 heavy (non-hydrogen) atoms. The molecule has 1 fully saturated rings. The van der Waals surface area contributed by atoms with Crippen LogP contribution in [0.15, 0.2) is 0 Å². The Kier molecular flexibility index (Phi) is 8.37. The first kappa shape index (κ1) is 17.2. The fourth-order valence-electron chi connectivity index (χ4n) is 2.33. The van der Waals surface area contributed by atoms with Crippen molar-refractivity contribution >= 4 is 22.2 Å². The molecule has 0 aliphatic carbocycles. The lowest BCUT2D eigenvalue weighted by molar-refractivity contribution is 0.264. The molecule has 0 amide bonds. The third-order valence-electron chi connectivity index (χ3n) is 3.14. The Morgan fingerprint density at radius 1 is 1.35 bits per heavy atom. The zero-order valence-corrected chi connectivity index (χ0v) is 12.4. The van der Waals surface area contributed by atoms with Crippen LogP contribution in [0.25, 0.3) is 0 Å². The van der Waals surface area contributed by atoms with Crippen LogP contribution in [0.5, 0.6) is 0 Å². The van der Waals surface area contributed by atoms with Gasteiger partial charge in [-0.3, -0.25) is 4.90 Å². The predicted octanol–water partition coefficient (Wildman–Crippen LogP) is 0.917. The number of nitrogens with one attached hydrogen (secondary N) is 1. The average Bonchev–Trinajstić information content (AvgIpc) is 2.63. The van der Waals surface area contributed by atoms with Crippen LogP contribution in [-0.4, -0.2) is 57.5 Å². The molecular formula is C11H25ClN2O2S. The van der Waals surface area contributed by atoms with Crippen molar-refractivity contribution < 1.29 is 8.42 Å². The van der Waals surface area contributed by atoms with Gasteiger partial charge in [0.2, 0.25) is 0 Å². The second kappa shape index (κ2) is 8.29. The van der Waals surface area contributed by atoms with E-state index in [1.54, 1.807) is 0 Å². The Bertz CT molecular complexity index is 296. The molecule has 0 radical (unpaired) electrons. The zero-order chi connectivity index (χ0) is 12.0. The molecule has 0 aromatic rings. The molecule has 0 aromatic heterocycles. The van der Waals surface area contributed by atoms with E-state index in [4.69, 9.17) is 0 Å². The molecule has 1 atom stereocenters. The minimum Gasteiger partial charge on any atom is -0.318 e. The molecule has 1 heterocycles. The van der Waals surface area contributed by atoms with Crippen molar-refractivity contribution in [1.82, 2.24) is 10.2 Å². The number of halogens is 1. The Morgan fingerprint density at radius 3 is 2.65 bits per heavy atom. The van der Waals surface area contributed by atoms with E-state index in [0.29, 0.717) is 24.1 Å². The molecule has 1 rings (SSSR count). The van der Waals surface area contributed by atoms with Crippen molar-refractivity contribution in [3.63, 3.8) is 0 Å². The van der Waals surface area contributed by atoms with Gasteiger partial charge in [0, 0.05) is 24.9 Å². The van der Waals surface area contributed by atoms with Crippen molar-refractivity contribution in [2.24, 2.45) is 0 Å². The van der Waals surface area contributed by atoms with Gasteiger partial charge in [-0.1, -0.05) is 6.92 Å². The van der Waals surface area contributed by atoms with Gasteiger partial charge in [0.25, 0.3) is 0 Å². The van der Waals surface area contributed by atoms with Gasteiger partial charge in [0.15, 0.2) is 9.84 Å². The maximum absolute atomic E-state index is 11.6. The first-order valence-electron chi connectivity index (χ1n) is 6.18. The standard InChI is InChI=1S/C11H24N2O2S.ClH/c1-3-8-16(14,15)9-7-13-6-4-5-11(13)10-12-2;/h11-12H,3-10H2,1-2H3;1H. The summed E-state index contributed by atoms with van der Waals surface area (Å²) >= 11 is 0. The second-order valence-electron chi connectivity index (χ2n) is 4.54. The third kappa shape index (κ3) is 6.04. The van der Waals surface area contributed by atoms with Crippen LogP contribution in [0.3, 0.4) is 0 Å². The smallest absolute Gasteiger partial charge is 0.151 e. The van der Waals surface area contributed by atoms with E-state index in [9.17, 15) is 8.42 Å². The van der Waals surface area contributed by atoms with Crippen molar-refractivity contribution in [2.75, 3.05) is 38.2 Å². The maximum atomic E-state index is 11.6. The monoisotopic (exact) mass is 284 g/mol. The predicted molar refractivity (Wildman–Crippen MR) is 74.7 cm³/mol. The van der Waals surface area contributed by atoms with E-state index in [1.807, 2.05) is 14.0 Å². The lowest BCUT2D eigenvalue weighted by Gasteiger charge is -2.23. The van der Waals surface area contributed by atoms with E-state index in [1.165, 1.54) is 12.8 Å². The summed E-state index contributed by atoms with van der Waals surface area (Å²) in [6, 6.07) is 0.529. The van der Waals surface area contributed by atoms with Crippen molar-refractivity contribution in [3.8, 4) is 0 Å². The highest BCUT2D eigenvalue weighted by Crippen LogP contribution is 2.16. The SMILES string of the molecule is CCCS(=O)(=O)CCN1CCCC1CNC.Cl. The van der Waals surface area contributed by atoms with Crippen molar-refractivity contribution in [2.45, 2.75) is 32.2 Å². The van der Waals surface area contributed by atoms with Crippen LogP contribution >= 0.6 is 12.4 Å². The lowest BCUT2D eigenvalue weighted by Crippen LogP contribution is -2.39. The summed E-state index contributed by atoms with van der Waals surface area (Å²) in [6.45, 7) is 4.63. The molecule has 0 saturated carbocycles. The summed E-state index contributed by atoms with van der Waals surface area (Å²) in [4.78, 5) is 2.31. The minimum atomic E-state index is -2.82. The van der Waals surface area contributed by atoms with E-state index >= 15 is 0 Å². The summed E-state index contributed by atoms with van der Waals surface area (Å²) in [6.07, 6.45) is 3.11. The van der Waals surface area contributed by atoms with Gasteiger partial charge in [0.05, 0.1) is 5.75 Å². The lowest BCUT2D eigenvalue weighted by atomic mass is 10.2. The Labute approximate surface area is 111 Å². The fraction of sp³-hybridized carbons (Fsp3) is 1.00. The number of likely N-dealkylation sites (N-methyl/N-ethyl adjacent to an activating group) is 1. The molecule has 1 aliphatic heterocycles. The van der Waals surface area contributed by atoms with Gasteiger partial charge < -0.3 is 5.32 Å². The highest BCUT2D eigenvalue weighted by molar-refractivity contribution is 7.91.